The van der Waals surface area contributed by atoms with Crippen LogP contribution < -0.4 is 14.4 Å². The number of nitrogens with zero attached hydrogens (tertiary/aromatic N) is 1. The Hall–Kier alpha value is -3.10. The van der Waals surface area contributed by atoms with Gasteiger partial charge in [0.1, 0.15) is 11.6 Å². The lowest BCUT2D eigenvalue weighted by molar-refractivity contribution is -0.122. The highest BCUT2D eigenvalue weighted by molar-refractivity contribution is 7.92. The van der Waals surface area contributed by atoms with E-state index in [0.29, 0.717) is 11.4 Å². The monoisotopic (exact) mass is 462 g/mol. The molecule has 0 fully saturated rings. The second-order valence-electron chi connectivity index (χ2n) is 6.65. The summed E-state index contributed by atoms with van der Waals surface area (Å²) in [5.41, 5.74) is 0.706. The molecule has 0 saturated carbocycles. The Bertz CT molecular complexity index is 1170. The Kier molecular flexibility index (Phi) is 6.82. The summed E-state index contributed by atoms with van der Waals surface area (Å²) >= 11 is 5.92. The summed E-state index contributed by atoms with van der Waals surface area (Å²) in [6, 6.07) is 18.1. The van der Waals surface area contributed by atoms with Gasteiger partial charge in [0.25, 0.3) is 15.9 Å². The number of carbonyl (C=O) groups is 1. The molecule has 0 radical (unpaired) electrons. The molecule has 1 atom stereocenters. The van der Waals surface area contributed by atoms with Crippen LogP contribution in [-0.4, -0.2) is 27.5 Å². The number of anilines is 2. The van der Waals surface area contributed by atoms with Crippen molar-refractivity contribution in [1.29, 1.82) is 0 Å². The van der Waals surface area contributed by atoms with Gasteiger partial charge in [-0.15, -0.1) is 0 Å². The van der Waals surface area contributed by atoms with Gasteiger partial charge in [0.2, 0.25) is 0 Å². The zero-order chi connectivity index (χ0) is 22.6. The van der Waals surface area contributed by atoms with Crippen molar-refractivity contribution in [2.75, 3.05) is 16.7 Å². The molecule has 0 heterocycles. The Labute approximate surface area is 185 Å². The molecular weight excluding hydrogens is 443 g/mol. The van der Waals surface area contributed by atoms with Gasteiger partial charge in [-0.1, -0.05) is 29.8 Å². The molecule has 1 amide bonds. The Morgan fingerprint density at radius 2 is 1.71 bits per heavy atom. The molecular formula is C22H20ClFN2O4S. The van der Waals surface area contributed by atoms with E-state index in [0.717, 1.165) is 6.07 Å². The third kappa shape index (κ3) is 5.34. The van der Waals surface area contributed by atoms with Crippen LogP contribution in [0, 0.1) is 5.82 Å². The lowest BCUT2D eigenvalue weighted by Crippen LogP contribution is -2.30. The molecule has 3 aromatic carbocycles. The standard InChI is InChI=1S/C22H20ClFN2O4S/c1-15(22(27)25-21-13-8-16(24)14-20(21)23)30-18-11-9-17(10-12-18)26(2)31(28,29)19-6-4-3-5-7-19/h3-15H,1-2H3,(H,25,27)/t15-/m1/s1. The lowest BCUT2D eigenvalue weighted by atomic mass is 10.2. The number of benzene rings is 3. The molecule has 0 unspecified atom stereocenters. The fourth-order valence-corrected chi connectivity index (χ4v) is 4.14. The summed E-state index contributed by atoms with van der Waals surface area (Å²) in [5.74, 6) is -0.602. The number of carbonyl (C=O) groups excluding carboxylic acids is 1. The molecule has 0 aromatic heterocycles. The maximum Gasteiger partial charge on any atom is 0.265 e. The van der Waals surface area contributed by atoms with Crippen LogP contribution in [0.5, 0.6) is 5.75 Å². The summed E-state index contributed by atoms with van der Waals surface area (Å²) in [4.78, 5) is 12.5. The average molecular weight is 463 g/mol. The van der Waals surface area contributed by atoms with E-state index in [1.54, 1.807) is 49.4 Å². The van der Waals surface area contributed by atoms with Crippen LogP contribution in [0.3, 0.4) is 0 Å². The molecule has 0 bridgehead atoms. The topological polar surface area (TPSA) is 75.7 Å². The number of ether oxygens (including phenoxy) is 1. The molecule has 0 spiro atoms. The van der Waals surface area contributed by atoms with Crippen LogP contribution in [0.4, 0.5) is 15.8 Å². The smallest absolute Gasteiger partial charge is 0.265 e. The molecule has 0 aliphatic rings. The van der Waals surface area contributed by atoms with Crippen molar-refractivity contribution in [2.24, 2.45) is 0 Å². The number of amides is 1. The third-order valence-electron chi connectivity index (χ3n) is 4.47. The first-order valence-electron chi connectivity index (χ1n) is 9.25. The summed E-state index contributed by atoms with van der Waals surface area (Å²) < 4.78 is 45.3. The van der Waals surface area contributed by atoms with Crippen molar-refractivity contribution >= 4 is 38.9 Å². The first-order chi connectivity index (χ1) is 14.7. The average Bonchev–Trinajstić information content (AvgIpc) is 2.76. The van der Waals surface area contributed by atoms with E-state index in [1.807, 2.05) is 0 Å². The highest BCUT2D eigenvalue weighted by Gasteiger charge is 2.21. The predicted molar refractivity (Wildman–Crippen MR) is 119 cm³/mol. The van der Waals surface area contributed by atoms with Gasteiger partial charge >= 0.3 is 0 Å². The Balaban J connectivity index is 1.66. The zero-order valence-electron chi connectivity index (χ0n) is 16.7. The molecule has 3 rings (SSSR count). The van der Waals surface area contributed by atoms with Crippen LogP contribution in [-0.2, 0) is 14.8 Å². The highest BCUT2D eigenvalue weighted by Crippen LogP contribution is 2.26. The van der Waals surface area contributed by atoms with Crippen molar-refractivity contribution in [1.82, 2.24) is 0 Å². The molecule has 3 aromatic rings. The molecule has 0 aliphatic heterocycles. The number of rotatable bonds is 7. The van der Waals surface area contributed by atoms with Gasteiger partial charge in [-0.25, -0.2) is 12.8 Å². The minimum Gasteiger partial charge on any atom is -0.481 e. The molecule has 162 valence electrons. The number of halogens is 2. The Morgan fingerprint density at radius 1 is 1.06 bits per heavy atom. The van der Waals surface area contributed by atoms with Crippen LogP contribution in [0.1, 0.15) is 6.92 Å². The molecule has 31 heavy (non-hydrogen) atoms. The molecule has 0 aliphatic carbocycles. The van der Waals surface area contributed by atoms with Crippen LogP contribution in [0.15, 0.2) is 77.7 Å². The summed E-state index contributed by atoms with van der Waals surface area (Å²) in [6.45, 7) is 1.55. The van der Waals surface area contributed by atoms with E-state index < -0.39 is 27.9 Å². The van der Waals surface area contributed by atoms with Gasteiger partial charge in [-0.2, -0.15) is 0 Å². The van der Waals surface area contributed by atoms with Gasteiger partial charge < -0.3 is 10.1 Å². The van der Waals surface area contributed by atoms with Crippen molar-refractivity contribution in [3.8, 4) is 5.75 Å². The van der Waals surface area contributed by atoms with Gasteiger partial charge in [-0.3, -0.25) is 9.10 Å². The Morgan fingerprint density at radius 3 is 2.32 bits per heavy atom. The first kappa shape index (κ1) is 22.6. The summed E-state index contributed by atoms with van der Waals surface area (Å²) in [6.07, 6.45) is -0.877. The van der Waals surface area contributed by atoms with E-state index in [4.69, 9.17) is 16.3 Å². The summed E-state index contributed by atoms with van der Waals surface area (Å²) in [7, 11) is -2.23. The van der Waals surface area contributed by atoms with Gasteiger partial charge in [0.05, 0.1) is 21.3 Å². The zero-order valence-corrected chi connectivity index (χ0v) is 18.3. The maximum atomic E-state index is 13.1. The minimum atomic E-state index is -3.69. The van der Waals surface area contributed by atoms with Crippen LogP contribution in [0.2, 0.25) is 5.02 Å². The lowest BCUT2D eigenvalue weighted by Gasteiger charge is -2.20. The maximum absolute atomic E-state index is 13.1. The second kappa shape index (κ2) is 9.36. The summed E-state index contributed by atoms with van der Waals surface area (Å²) in [5, 5.41) is 2.65. The van der Waals surface area contributed by atoms with E-state index >= 15 is 0 Å². The van der Waals surface area contributed by atoms with E-state index in [1.165, 1.54) is 35.6 Å². The highest BCUT2D eigenvalue weighted by atomic mass is 35.5. The predicted octanol–water partition coefficient (Wildman–Crippen LogP) is 4.71. The molecule has 9 heteroatoms. The van der Waals surface area contributed by atoms with Gasteiger partial charge in [0.15, 0.2) is 6.10 Å². The van der Waals surface area contributed by atoms with Gasteiger partial charge in [-0.05, 0) is 61.5 Å². The number of hydrogen-bond donors (Lipinski definition) is 1. The normalized spacial score (nSPS) is 12.1. The van der Waals surface area contributed by atoms with Crippen LogP contribution >= 0.6 is 11.6 Å². The van der Waals surface area contributed by atoms with E-state index in [-0.39, 0.29) is 15.6 Å². The second-order valence-corrected chi connectivity index (χ2v) is 9.03. The molecule has 0 saturated heterocycles. The van der Waals surface area contributed by atoms with Crippen molar-refractivity contribution in [3.05, 3.63) is 83.6 Å². The van der Waals surface area contributed by atoms with E-state index in [9.17, 15) is 17.6 Å². The quantitative estimate of drug-likeness (QED) is 0.551. The van der Waals surface area contributed by atoms with E-state index in [2.05, 4.69) is 5.32 Å². The first-order valence-corrected chi connectivity index (χ1v) is 11.1. The van der Waals surface area contributed by atoms with Crippen molar-refractivity contribution in [2.45, 2.75) is 17.9 Å². The van der Waals surface area contributed by atoms with Gasteiger partial charge in [0, 0.05) is 7.05 Å². The van der Waals surface area contributed by atoms with Crippen molar-refractivity contribution < 1.29 is 22.3 Å². The fraction of sp³-hybridized carbons (Fsp3) is 0.136. The fourth-order valence-electron chi connectivity index (χ4n) is 2.71. The molecule has 6 nitrogen and oxygen atoms in total. The minimum absolute atomic E-state index is 0.0764. The SMILES string of the molecule is C[C@@H](Oc1ccc(N(C)S(=O)(=O)c2ccccc2)cc1)C(=O)Nc1ccc(F)cc1Cl. The molecule has 1 N–H and O–H groups in total. The number of sulfonamides is 1. The van der Waals surface area contributed by atoms with Crippen molar-refractivity contribution in [3.63, 3.8) is 0 Å². The number of hydrogen-bond acceptors (Lipinski definition) is 4. The van der Waals surface area contributed by atoms with Crippen LogP contribution in [0.25, 0.3) is 0 Å². The number of nitrogens with one attached hydrogen (secondary N) is 1. The largest absolute Gasteiger partial charge is 0.481 e. The third-order valence-corrected chi connectivity index (χ3v) is 6.59.